The number of hydrogen-bond donors (Lipinski definition) is 4. The number of fused-ring (bicyclic) bond motifs is 2. The minimum Gasteiger partial charge on any atom is -0.494 e. The van der Waals surface area contributed by atoms with Gasteiger partial charge in [-0.1, -0.05) is 6.07 Å². The van der Waals surface area contributed by atoms with Crippen LogP contribution in [0.25, 0.3) is 11.1 Å². The van der Waals surface area contributed by atoms with Gasteiger partial charge < -0.3 is 24.7 Å². The predicted octanol–water partition coefficient (Wildman–Crippen LogP) is 0.721. The van der Waals surface area contributed by atoms with Gasteiger partial charge >= 0.3 is 12.1 Å². The maximum Gasteiger partial charge on any atom is 0.322 e. The van der Waals surface area contributed by atoms with E-state index in [2.05, 4.69) is 26.3 Å². The number of nitrogens with zero attached hydrogens (tertiary/aromatic N) is 2. The molecular weight excluding hydrogens is 503 g/mol. The van der Waals surface area contributed by atoms with Crippen molar-refractivity contribution in [2.75, 3.05) is 13.7 Å². The third-order valence-electron chi connectivity index (χ3n) is 7.00. The van der Waals surface area contributed by atoms with E-state index in [1.165, 1.54) is 43.2 Å². The highest BCUT2D eigenvalue weighted by Crippen LogP contribution is 2.36. The molecule has 2 saturated heterocycles. The zero-order valence-corrected chi connectivity index (χ0v) is 19.9. The summed E-state index contributed by atoms with van der Waals surface area (Å²) in [4.78, 5) is 68.2. The van der Waals surface area contributed by atoms with Gasteiger partial charge in [-0.3, -0.25) is 25.0 Å². The third-order valence-corrected chi connectivity index (χ3v) is 7.00. The largest absolute Gasteiger partial charge is 0.494 e. The molecule has 14 heteroatoms. The van der Waals surface area contributed by atoms with E-state index in [0.29, 0.717) is 5.56 Å². The van der Waals surface area contributed by atoms with Crippen LogP contribution in [0.1, 0.15) is 34.3 Å². The summed E-state index contributed by atoms with van der Waals surface area (Å²) in [6, 6.07) is 5.88. The van der Waals surface area contributed by atoms with E-state index in [-0.39, 0.29) is 47.0 Å². The fraction of sp³-hybridized carbons (Fsp3) is 0.250. The van der Waals surface area contributed by atoms with Crippen LogP contribution < -0.4 is 26.0 Å². The Morgan fingerprint density at radius 1 is 1.05 bits per heavy atom. The van der Waals surface area contributed by atoms with E-state index in [0.717, 1.165) is 0 Å². The van der Waals surface area contributed by atoms with Gasteiger partial charge in [0.1, 0.15) is 11.3 Å². The van der Waals surface area contributed by atoms with Gasteiger partial charge in [-0.25, -0.2) is 19.0 Å². The molecule has 3 aromatic rings. The van der Waals surface area contributed by atoms with Gasteiger partial charge in [-0.2, -0.15) is 0 Å². The lowest BCUT2D eigenvalue weighted by Gasteiger charge is -2.28. The molecule has 2 atom stereocenters. The Kier molecular flexibility index (Phi) is 4.77. The van der Waals surface area contributed by atoms with Gasteiger partial charge in [0.25, 0.3) is 17.7 Å². The lowest BCUT2D eigenvalue weighted by atomic mass is 9.95. The molecule has 6 rings (SSSR count). The first-order valence-corrected chi connectivity index (χ1v) is 11.4. The fourth-order valence-electron chi connectivity index (χ4n) is 4.96. The molecule has 0 radical (unpaired) electrons. The van der Waals surface area contributed by atoms with Crippen LogP contribution in [0, 0.1) is 5.82 Å². The maximum absolute atomic E-state index is 14.9. The van der Waals surface area contributed by atoms with Crippen molar-refractivity contribution in [3.63, 3.8) is 0 Å². The first-order chi connectivity index (χ1) is 18.1. The molecule has 0 bridgehead atoms. The Morgan fingerprint density at radius 2 is 1.79 bits per heavy atom. The molecule has 7 amide bonds. The Morgan fingerprint density at radius 3 is 2.45 bits per heavy atom. The second kappa shape index (κ2) is 7.74. The molecule has 2 aromatic heterocycles. The summed E-state index contributed by atoms with van der Waals surface area (Å²) in [7, 11) is 1.28. The summed E-state index contributed by atoms with van der Waals surface area (Å²) >= 11 is 0. The van der Waals surface area contributed by atoms with Gasteiger partial charge in [-0.05, 0) is 30.7 Å². The van der Waals surface area contributed by atoms with Crippen molar-refractivity contribution in [2.45, 2.75) is 24.5 Å². The average Bonchev–Trinajstić information content (AvgIpc) is 3.58. The van der Waals surface area contributed by atoms with Crippen LogP contribution in [0.15, 0.2) is 34.7 Å². The summed E-state index contributed by atoms with van der Waals surface area (Å²) in [6.07, 6.45) is 0. The SMILES string of the molecule is COc1ccc2c(c1F)C(=O)N(C[C@@]1(c3cc4nc(C5(C)NC(=O)NC5=O)ccc4o3)NC(=O)NC1=O)C2. The lowest BCUT2D eigenvalue weighted by Crippen LogP contribution is -2.52. The minimum absolute atomic E-state index is 0.0181. The molecule has 194 valence electrons. The van der Waals surface area contributed by atoms with Crippen LogP contribution in [0.3, 0.4) is 0 Å². The van der Waals surface area contributed by atoms with Gasteiger partial charge in [-0.15, -0.1) is 0 Å². The van der Waals surface area contributed by atoms with Crippen LogP contribution in [0.2, 0.25) is 0 Å². The van der Waals surface area contributed by atoms with Crippen LogP contribution in [-0.2, 0) is 27.2 Å². The summed E-state index contributed by atoms with van der Waals surface area (Å²) in [5.41, 5.74) is -2.40. The molecule has 0 aliphatic carbocycles. The third kappa shape index (κ3) is 3.16. The van der Waals surface area contributed by atoms with Crippen LogP contribution in [0.4, 0.5) is 14.0 Å². The first-order valence-electron chi connectivity index (χ1n) is 11.4. The van der Waals surface area contributed by atoms with E-state index in [4.69, 9.17) is 9.15 Å². The normalized spacial score (nSPS) is 24.4. The van der Waals surface area contributed by atoms with Gasteiger partial charge in [0.2, 0.25) is 0 Å². The number of carbonyl (C=O) groups is 5. The minimum atomic E-state index is -1.85. The number of halogens is 1. The lowest BCUT2D eigenvalue weighted by molar-refractivity contribution is -0.125. The number of carbonyl (C=O) groups excluding carboxylic acids is 5. The maximum atomic E-state index is 14.9. The molecular formula is C24H19FN6O7. The van der Waals surface area contributed by atoms with E-state index in [9.17, 15) is 28.4 Å². The molecule has 0 spiro atoms. The van der Waals surface area contributed by atoms with E-state index < -0.39 is 46.7 Å². The first kappa shape index (κ1) is 23.4. The monoisotopic (exact) mass is 522 g/mol. The smallest absolute Gasteiger partial charge is 0.322 e. The van der Waals surface area contributed by atoms with Crippen molar-refractivity contribution in [2.24, 2.45) is 0 Å². The second-order valence-corrected chi connectivity index (χ2v) is 9.31. The van der Waals surface area contributed by atoms with Gasteiger partial charge in [0.05, 0.1) is 24.9 Å². The molecule has 13 nitrogen and oxygen atoms in total. The molecule has 1 unspecified atom stereocenters. The zero-order valence-electron chi connectivity index (χ0n) is 19.9. The summed E-state index contributed by atoms with van der Waals surface area (Å²) in [6.45, 7) is 1.10. The van der Waals surface area contributed by atoms with Gasteiger partial charge in [0.15, 0.2) is 28.2 Å². The molecule has 3 aliphatic rings. The van der Waals surface area contributed by atoms with E-state index >= 15 is 0 Å². The fourth-order valence-corrected chi connectivity index (χ4v) is 4.96. The number of rotatable bonds is 5. The van der Waals surface area contributed by atoms with Crippen LogP contribution >= 0.6 is 0 Å². The number of pyridine rings is 1. The Balaban J connectivity index is 1.39. The number of urea groups is 2. The van der Waals surface area contributed by atoms with E-state index in [1.54, 1.807) is 6.07 Å². The molecule has 3 aliphatic heterocycles. The average molecular weight is 522 g/mol. The number of ether oxygens (including phenoxy) is 1. The summed E-state index contributed by atoms with van der Waals surface area (Å²) < 4.78 is 25.7. The quantitative estimate of drug-likeness (QED) is 0.355. The number of methoxy groups -OCH3 is 1. The van der Waals surface area contributed by atoms with Crippen molar-refractivity contribution < 1.29 is 37.5 Å². The van der Waals surface area contributed by atoms with Crippen molar-refractivity contribution in [3.05, 3.63) is 58.7 Å². The number of aromatic nitrogens is 1. The Hall–Kier alpha value is -5.01. The standard InChI is InChI=1S/C24H19FN6O7/c1-23(19(33)27-21(35)29-23)14-6-5-12-11(26-14)7-15(38-12)24(20(34)28-22(36)30-24)9-31-8-10-3-4-13(37-2)17(25)16(10)18(31)32/h3-7H,8-9H2,1-2H3,(H2,27,29,33,35)(H2,28,30,34,36)/t23?,24-/m0/s1. The van der Waals surface area contributed by atoms with Crippen molar-refractivity contribution in [1.82, 2.24) is 31.2 Å². The molecule has 38 heavy (non-hydrogen) atoms. The highest BCUT2D eigenvalue weighted by molar-refractivity contribution is 6.09. The van der Waals surface area contributed by atoms with Crippen molar-refractivity contribution in [1.29, 1.82) is 0 Å². The number of hydrogen-bond acceptors (Lipinski definition) is 8. The van der Waals surface area contributed by atoms with Gasteiger partial charge in [0, 0.05) is 12.6 Å². The highest BCUT2D eigenvalue weighted by Gasteiger charge is 2.53. The second-order valence-electron chi connectivity index (χ2n) is 9.31. The molecule has 4 N–H and O–H groups in total. The molecule has 2 fully saturated rings. The topological polar surface area (TPSA) is 172 Å². The summed E-state index contributed by atoms with van der Waals surface area (Å²) in [5, 5.41) is 9.38. The number of benzene rings is 1. The predicted molar refractivity (Wildman–Crippen MR) is 124 cm³/mol. The zero-order chi connectivity index (χ0) is 27.0. The number of amides is 7. The number of nitrogens with one attached hydrogen (secondary N) is 4. The number of imide groups is 2. The Labute approximate surface area is 212 Å². The van der Waals surface area contributed by atoms with Crippen molar-refractivity contribution in [3.8, 4) is 5.75 Å². The van der Waals surface area contributed by atoms with Crippen LogP contribution in [0.5, 0.6) is 5.75 Å². The molecule has 0 saturated carbocycles. The number of furan rings is 1. The van der Waals surface area contributed by atoms with Crippen LogP contribution in [-0.4, -0.2) is 53.3 Å². The Bertz CT molecular complexity index is 1620. The molecule has 1 aromatic carbocycles. The summed E-state index contributed by atoms with van der Waals surface area (Å²) in [5.74, 6) is -3.00. The highest BCUT2D eigenvalue weighted by atomic mass is 19.1. The van der Waals surface area contributed by atoms with E-state index in [1.807, 2.05) is 0 Å². The van der Waals surface area contributed by atoms with Crippen molar-refractivity contribution >= 4 is 40.9 Å². The molecule has 5 heterocycles.